The van der Waals surface area contributed by atoms with Crippen LogP contribution in [0.4, 0.5) is 4.39 Å². The van der Waals surface area contributed by atoms with Gasteiger partial charge in [0.05, 0.1) is 6.10 Å². The van der Waals surface area contributed by atoms with Gasteiger partial charge in [0.2, 0.25) is 0 Å². The van der Waals surface area contributed by atoms with Gasteiger partial charge in [0, 0.05) is 0 Å². The molecule has 0 aromatic heterocycles. The van der Waals surface area contributed by atoms with Gasteiger partial charge in [0.1, 0.15) is 5.82 Å². The smallest absolute Gasteiger partial charge is 0.127 e. The SMILES string of the molecule is Cc1cc(C)c(C(C)(C)CC(C)O)c(F)c1. The maximum absolute atomic E-state index is 14.0. The Morgan fingerprint density at radius 3 is 2.31 bits per heavy atom. The lowest BCUT2D eigenvalue weighted by Crippen LogP contribution is -2.25. The average Bonchev–Trinajstić information content (AvgIpc) is 1.96. The Bertz CT molecular complexity index is 357. The van der Waals surface area contributed by atoms with Gasteiger partial charge in [-0.2, -0.15) is 0 Å². The van der Waals surface area contributed by atoms with Crippen LogP contribution in [-0.2, 0) is 5.41 Å². The molecule has 90 valence electrons. The third-order valence-electron chi connectivity index (χ3n) is 2.91. The third-order valence-corrected chi connectivity index (χ3v) is 2.91. The molecule has 1 N–H and O–H groups in total. The van der Waals surface area contributed by atoms with Crippen LogP contribution >= 0.6 is 0 Å². The first-order chi connectivity index (χ1) is 7.24. The van der Waals surface area contributed by atoms with Crippen LogP contribution in [0.2, 0.25) is 0 Å². The molecule has 0 aliphatic rings. The molecule has 0 spiro atoms. The first-order valence-electron chi connectivity index (χ1n) is 5.69. The van der Waals surface area contributed by atoms with Crippen molar-refractivity contribution >= 4 is 0 Å². The van der Waals surface area contributed by atoms with Gasteiger partial charge in [-0.05, 0) is 55.4 Å². The summed E-state index contributed by atoms with van der Waals surface area (Å²) in [6.07, 6.45) is 0.142. The Morgan fingerprint density at radius 1 is 1.31 bits per heavy atom. The monoisotopic (exact) mass is 224 g/mol. The summed E-state index contributed by atoms with van der Waals surface area (Å²) in [7, 11) is 0. The van der Waals surface area contributed by atoms with Gasteiger partial charge < -0.3 is 5.11 Å². The molecule has 2 heteroatoms. The molecule has 1 rings (SSSR count). The lowest BCUT2D eigenvalue weighted by Gasteiger charge is -2.29. The van der Waals surface area contributed by atoms with E-state index in [1.54, 1.807) is 13.0 Å². The molecule has 1 unspecified atom stereocenters. The van der Waals surface area contributed by atoms with Crippen molar-refractivity contribution in [3.8, 4) is 0 Å². The summed E-state index contributed by atoms with van der Waals surface area (Å²) in [4.78, 5) is 0. The Morgan fingerprint density at radius 2 is 1.88 bits per heavy atom. The Balaban J connectivity index is 3.22. The van der Waals surface area contributed by atoms with E-state index < -0.39 is 6.10 Å². The van der Waals surface area contributed by atoms with Crippen molar-refractivity contribution in [1.29, 1.82) is 0 Å². The van der Waals surface area contributed by atoms with Crippen molar-refractivity contribution in [1.82, 2.24) is 0 Å². The highest BCUT2D eigenvalue weighted by Gasteiger charge is 2.27. The quantitative estimate of drug-likeness (QED) is 0.833. The summed E-state index contributed by atoms with van der Waals surface area (Å²) in [5.74, 6) is -0.164. The van der Waals surface area contributed by atoms with Gasteiger partial charge in [-0.3, -0.25) is 0 Å². The summed E-state index contributed by atoms with van der Waals surface area (Å²) in [5.41, 5.74) is 2.28. The molecule has 0 radical (unpaired) electrons. The molecule has 1 nitrogen and oxygen atoms in total. The highest BCUT2D eigenvalue weighted by atomic mass is 19.1. The summed E-state index contributed by atoms with van der Waals surface area (Å²) >= 11 is 0. The second-order valence-corrected chi connectivity index (χ2v) is 5.38. The summed E-state index contributed by atoms with van der Waals surface area (Å²) < 4.78 is 14.0. The average molecular weight is 224 g/mol. The molecule has 0 amide bonds. The molecule has 16 heavy (non-hydrogen) atoms. The lowest BCUT2D eigenvalue weighted by atomic mass is 9.77. The predicted octanol–water partition coefficient (Wildman–Crippen LogP) is 3.49. The standard InChI is InChI=1S/C14H21FO/c1-9-6-10(2)13(12(15)7-9)14(4,5)8-11(3)16/h6-7,11,16H,8H2,1-5H3. The minimum absolute atomic E-state index is 0.164. The van der Waals surface area contributed by atoms with E-state index in [4.69, 9.17) is 0 Å². The lowest BCUT2D eigenvalue weighted by molar-refractivity contribution is 0.155. The predicted molar refractivity (Wildman–Crippen MR) is 65.2 cm³/mol. The van der Waals surface area contributed by atoms with Crippen molar-refractivity contribution in [2.75, 3.05) is 0 Å². The molecule has 0 aliphatic heterocycles. The zero-order chi connectivity index (χ0) is 12.5. The number of aryl methyl sites for hydroxylation is 2. The van der Waals surface area contributed by atoms with Crippen molar-refractivity contribution in [3.05, 3.63) is 34.6 Å². The van der Waals surface area contributed by atoms with Crippen molar-refractivity contribution in [2.45, 2.75) is 52.6 Å². The molecule has 1 atom stereocenters. The number of hydrogen-bond acceptors (Lipinski definition) is 1. The minimum Gasteiger partial charge on any atom is -0.393 e. The number of aliphatic hydroxyl groups is 1. The van der Waals surface area contributed by atoms with Gasteiger partial charge in [0.25, 0.3) is 0 Å². The van der Waals surface area contributed by atoms with Crippen LogP contribution in [0.15, 0.2) is 12.1 Å². The van der Waals surface area contributed by atoms with Crippen LogP contribution in [-0.4, -0.2) is 11.2 Å². The van der Waals surface area contributed by atoms with Crippen molar-refractivity contribution in [2.24, 2.45) is 0 Å². The van der Waals surface area contributed by atoms with E-state index in [0.717, 1.165) is 16.7 Å². The Labute approximate surface area is 97.3 Å². The van der Waals surface area contributed by atoms with Crippen LogP contribution in [0.3, 0.4) is 0 Å². The molecule has 0 saturated carbocycles. The first kappa shape index (κ1) is 13.2. The van der Waals surface area contributed by atoms with Crippen molar-refractivity contribution < 1.29 is 9.50 Å². The summed E-state index contributed by atoms with van der Waals surface area (Å²) in [6, 6.07) is 3.55. The zero-order valence-electron chi connectivity index (χ0n) is 10.8. The molecule has 1 aromatic rings. The molecule has 0 bridgehead atoms. The maximum Gasteiger partial charge on any atom is 0.127 e. The van der Waals surface area contributed by atoms with Crippen molar-refractivity contribution in [3.63, 3.8) is 0 Å². The number of rotatable bonds is 3. The highest BCUT2D eigenvalue weighted by molar-refractivity contribution is 5.37. The van der Waals surface area contributed by atoms with Crippen LogP contribution in [0.5, 0.6) is 0 Å². The molecular formula is C14H21FO. The number of hydrogen-bond donors (Lipinski definition) is 1. The van der Waals surface area contributed by atoms with E-state index in [2.05, 4.69) is 0 Å². The second kappa shape index (κ2) is 4.54. The van der Waals surface area contributed by atoms with Crippen LogP contribution in [0.1, 0.15) is 43.9 Å². The maximum atomic E-state index is 14.0. The van der Waals surface area contributed by atoms with Gasteiger partial charge in [-0.25, -0.2) is 4.39 Å². The minimum atomic E-state index is -0.421. The van der Waals surface area contributed by atoms with Crippen LogP contribution < -0.4 is 0 Å². The van der Waals surface area contributed by atoms with E-state index in [-0.39, 0.29) is 11.2 Å². The fourth-order valence-electron chi connectivity index (χ4n) is 2.61. The molecule has 0 aliphatic carbocycles. The zero-order valence-corrected chi connectivity index (χ0v) is 10.8. The van der Waals surface area contributed by atoms with E-state index in [0.29, 0.717) is 6.42 Å². The Hall–Kier alpha value is -0.890. The van der Waals surface area contributed by atoms with Gasteiger partial charge >= 0.3 is 0 Å². The largest absolute Gasteiger partial charge is 0.393 e. The van der Waals surface area contributed by atoms with Gasteiger partial charge in [-0.15, -0.1) is 0 Å². The topological polar surface area (TPSA) is 20.2 Å². The molecule has 0 fully saturated rings. The number of benzene rings is 1. The summed E-state index contributed by atoms with van der Waals surface area (Å²) in [6.45, 7) is 9.50. The molecule has 0 heterocycles. The van der Waals surface area contributed by atoms with Gasteiger partial charge in [-0.1, -0.05) is 19.9 Å². The fraction of sp³-hybridized carbons (Fsp3) is 0.571. The second-order valence-electron chi connectivity index (χ2n) is 5.38. The first-order valence-corrected chi connectivity index (χ1v) is 5.69. The van der Waals surface area contributed by atoms with Crippen LogP contribution in [0.25, 0.3) is 0 Å². The van der Waals surface area contributed by atoms with E-state index in [1.807, 2.05) is 33.8 Å². The van der Waals surface area contributed by atoms with Crippen LogP contribution in [0, 0.1) is 19.7 Å². The highest BCUT2D eigenvalue weighted by Crippen LogP contribution is 2.33. The number of aliphatic hydroxyl groups excluding tert-OH is 1. The Kier molecular flexibility index (Phi) is 3.74. The van der Waals surface area contributed by atoms with E-state index in [1.165, 1.54) is 0 Å². The summed E-state index contributed by atoms with van der Waals surface area (Å²) in [5, 5.41) is 9.46. The molecule has 1 aromatic carbocycles. The fourth-order valence-corrected chi connectivity index (χ4v) is 2.61. The molecule has 0 saturated heterocycles. The third kappa shape index (κ3) is 2.82. The van der Waals surface area contributed by atoms with E-state index >= 15 is 0 Å². The normalized spacial score (nSPS) is 13.9. The number of halogens is 1. The van der Waals surface area contributed by atoms with E-state index in [9.17, 15) is 9.50 Å². The molecular weight excluding hydrogens is 203 g/mol. The van der Waals surface area contributed by atoms with Gasteiger partial charge in [0.15, 0.2) is 0 Å².